The maximum Gasteiger partial charge on any atom is 0.262 e. The Bertz CT molecular complexity index is 694. The quantitative estimate of drug-likeness (QED) is 0.851. The van der Waals surface area contributed by atoms with Gasteiger partial charge in [-0.15, -0.1) is 0 Å². The summed E-state index contributed by atoms with van der Waals surface area (Å²) in [5.74, 6) is -0.697. The lowest BCUT2D eigenvalue weighted by molar-refractivity contribution is 0.0595. The molecule has 20 heavy (non-hydrogen) atoms. The molecule has 100 valence electrons. The van der Waals surface area contributed by atoms with Gasteiger partial charge in [0.2, 0.25) is 0 Å². The summed E-state index contributed by atoms with van der Waals surface area (Å²) in [6, 6.07) is 13.3. The molecule has 1 aliphatic rings. The lowest BCUT2D eigenvalue weighted by Gasteiger charge is -2.22. The number of phenolic OH excluding ortho intramolecular Hbond substituents is 1. The van der Waals surface area contributed by atoms with Crippen LogP contribution in [0.2, 0.25) is 0 Å². The minimum atomic E-state index is -0.364. The predicted octanol–water partition coefficient (Wildman–Crippen LogP) is 2.75. The highest BCUT2D eigenvalue weighted by Crippen LogP contribution is 2.32. The Morgan fingerprint density at radius 3 is 2.30 bits per heavy atom. The van der Waals surface area contributed by atoms with Crippen molar-refractivity contribution in [2.45, 2.75) is 13.0 Å². The highest BCUT2D eigenvalue weighted by atomic mass is 16.3. The van der Waals surface area contributed by atoms with Crippen LogP contribution >= 0.6 is 0 Å². The van der Waals surface area contributed by atoms with Gasteiger partial charge < -0.3 is 5.11 Å². The van der Waals surface area contributed by atoms with E-state index in [1.807, 2.05) is 37.3 Å². The average molecular weight is 267 g/mol. The SMILES string of the molecule is C[C@H](c1ccccc1)N1C(=O)c2ccc(O)cc2C1=O. The van der Waals surface area contributed by atoms with Crippen molar-refractivity contribution >= 4 is 11.8 Å². The van der Waals surface area contributed by atoms with Crippen molar-refractivity contribution in [2.24, 2.45) is 0 Å². The topological polar surface area (TPSA) is 57.6 Å². The molecule has 0 bridgehead atoms. The molecule has 2 aromatic rings. The highest BCUT2D eigenvalue weighted by molar-refractivity contribution is 6.21. The summed E-state index contributed by atoms with van der Waals surface area (Å²) in [5.41, 5.74) is 1.50. The minimum absolute atomic E-state index is 0.0147. The van der Waals surface area contributed by atoms with Crippen LogP contribution in [0.15, 0.2) is 48.5 Å². The third kappa shape index (κ3) is 1.77. The van der Waals surface area contributed by atoms with Gasteiger partial charge in [-0.05, 0) is 30.7 Å². The lowest BCUT2D eigenvalue weighted by Crippen LogP contribution is -2.32. The molecule has 0 fully saturated rings. The number of rotatable bonds is 2. The van der Waals surface area contributed by atoms with Gasteiger partial charge in [-0.2, -0.15) is 0 Å². The summed E-state index contributed by atoms with van der Waals surface area (Å²) in [7, 11) is 0. The van der Waals surface area contributed by atoms with Crippen molar-refractivity contribution in [3.63, 3.8) is 0 Å². The summed E-state index contributed by atoms with van der Waals surface area (Å²) in [4.78, 5) is 26.0. The first-order valence-corrected chi connectivity index (χ1v) is 6.35. The Labute approximate surface area is 116 Å². The molecular formula is C16H13NO3. The van der Waals surface area contributed by atoms with Gasteiger partial charge in [0.15, 0.2) is 0 Å². The maximum absolute atomic E-state index is 12.4. The summed E-state index contributed by atoms with van der Waals surface area (Å²) < 4.78 is 0. The van der Waals surface area contributed by atoms with Gasteiger partial charge in [0.1, 0.15) is 5.75 Å². The lowest BCUT2D eigenvalue weighted by atomic mass is 10.1. The van der Waals surface area contributed by atoms with Crippen LogP contribution in [0.4, 0.5) is 0 Å². The standard InChI is InChI=1S/C16H13NO3/c1-10(11-5-3-2-4-6-11)17-15(19)13-8-7-12(18)9-14(13)16(17)20/h2-10,18H,1H3/t10-/m1/s1. The summed E-state index contributed by atoms with van der Waals surface area (Å²) in [6.45, 7) is 1.82. The third-order valence-electron chi connectivity index (χ3n) is 3.57. The summed E-state index contributed by atoms with van der Waals surface area (Å²) in [5, 5.41) is 9.46. The molecular weight excluding hydrogens is 254 g/mol. The molecule has 1 atom stereocenters. The van der Waals surface area contributed by atoms with E-state index in [0.29, 0.717) is 5.56 Å². The fraction of sp³-hybridized carbons (Fsp3) is 0.125. The Morgan fingerprint density at radius 2 is 1.60 bits per heavy atom. The van der Waals surface area contributed by atoms with Crippen molar-refractivity contribution in [1.82, 2.24) is 4.90 Å². The zero-order valence-electron chi connectivity index (χ0n) is 10.9. The Balaban J connectivity index is 2.02. The van der Waals surface area contributed by atoms with Crippen LogP contribution in [0.3, 0.4) is 0 Å². The number of aromatic hydroxyl groups is 1. The zero-order chi connectivity index (χ0) is 14.3. The molecule has 0 aromatic heterocycles. The monoisotopic (exact) mass is 267 g/mol. The van der Waals surface area contributed by atoms with Crippen molar-refractivity contribution in [3.05, 3.63) is 65.2 Å². The van der Waals surface area contributed by atoms with Crippen molar-refractivity contribution < 1.29 is 14.7 Å². The number of hydrogen-bond acceptors (Lipinski definition) is 3. The fourth-order valence-electron chi connectivity index (χ4n) is 2.48. The zero-order valence-corrected chi connectivity index (χ0v) is 10.9. The van der Waals surface area contributed by atoms with Gasteiger partial charge in [-0.3, -0.25) is 14.5 Å². The molecule has 0 radical (unpaired) electrons. The second-order valence-electron chi connectivity index (χ2n) is 4.80. The second-order valence-corrected chi connectivity index (χ2v) is 4.80. The highest BCUT2D eigenvalue weighted by Gasteiger charge is 2.38. The van der Waals surface area contributed by atoms with E-state index in [1.54, 1.807) is 0 Å². The van der Waals surface area contributed by atoms with Crippen LogP contribution in [-0.2, 0) is 0 Å². The molecule has 0 aliphatic carbocycles. The molecule has 1 heterocycles. The molecule has 4 nitrogen and oxygen atoms in total. The number of nitrogens with zero attached hydrogens (tertiary/aromatic N) is 1. The number of amides is 2. The number of hydrogen-bond donors (Lipinski definition) is 1. The van der Waals surface area contributed by atoms with Crippen LogP contribution in [0.25, 0.3) is 0 Å². The van der Waals surface area contributed by atoms with Crippen molar-refractivity contribution in [1.29, 1.82) is 0 Å². The molecule has 0 unspecified atom stereocenters. The van der Waals surface area contributed by atoms with Crippen LogP contribution in [-0.4, -0.2) is 21.8 Å². The predicted molar refractivity (Wildman–Crippen MR) is 73.5 cm³/mol. The summed E-state index contributed by atoms with van der Waals surface area (Å²) >= 11 is 0. The van der Waals surface area contributed by atoms with Gasteiger partial charge in [0.05, 0.1) is 17.2 Å². The average Bonchev–Trinajstić information content (AvgIpc) is 2.71. The molecule has 4 heteroatoms. The van der Waals surface area contributed by atoms with Gasteiger partial charge in [0.25, 0.3) is 11.8 Å². The molecule has 2 aromatic carbocycles. The van der Waals surface area contributed by atoms with Crippen molar-refractivity contribution in [2.75, 3.05) is 0 Å². The van der Waals surface area contributed by atoms with Crippen LogP contribution in [0.1, 0.15) is 39.2 Å². The minimum Gasteiger partial charge on any atom is -0.508 e. The number of fused-ring (bicyclic) bond motifs is 1. The van der Waals surface area contributed by atoms with E-state index in [9.17, 15) is 14.7 Å². The molecule has 3 rings (SSSR count). The van der Waals surface area contributed by atoms with E-state index in [0.717, 1.165) is 5.56 Å². The molecule has 0 saturated heterocycles. The number of carbonyl (C=O) groups is 2. The van der Waals surface area contributed by atoms with E-state index in [2.05, 4.69) is 0 Å². The Kier molecular flexibility index (Phi) is 2.79. The molecule has 1 aliphatic heterocycles. The first kappa shape index (κ1) is 12.4. The van der Waals surface area contributed by atoms with Gasteiger partial charge in [0, 0.05) is 0 Å². The number of benzene rings is 2. The van der Waals surface area contributed by atoms with Crippen molar-refractivity contribution in [3.8, 4) is 5.75 Å². The van der Waals surface area contributed by atoms with Gasteiger partial charge in [-0.25, -0.2) is 0 Å². The largest absolute Gasteiger partial charge is 0.508 e. The summed E-state index contributed by atoms with van der Waals surface area (Å²) in [6.07, 6.45) is 0. The fourth-order valence-corrected chi connectivity index (χ4v) is 2.48. The molecule has 0 spiro atoms. The Morgan fingerprint density at radius 1 is 0.950 bits per heavy atom. The van der Waals surface area contributed by atoms with E-state index < -0.39 is 0 Å². The first-order chi connectivity index (χ1) is 9.59. The maximum atomic E-state index is 12.4. The second kappa shape index (κ2) is 4.49. The van der Waals surface area contributed by atoms with E-state index in [4.69, 9.17) is 0 Å². The van der Waals surface area contributed by atoms with Gasteiger partial charge >= 0.3 is 0 Å². The van der Waals surface area contributed by atoms with E-state index >= 15 is 0 Å². The number of phenols is 1. The Hall–Kier alpha value is -2.62. The number of carbonyl (C=O) groups excluding carboxylic acids is 2. The van der Waals surface area contributed by atoms with E-state index in [1.165, 1.54) is 23.1 Å². The smallest absolute Gasteiger partial charge is 0.262 e. The molecule has 2 amide bonds. The van der Waals surface area contributed by atoms with Crippen LogP contribution in [0.5, 0.6) is 5.75 Å². The van der Waals surface area contributed by atoms with Crippen LogP contribution < -0.4 is 0 Å². The molecule has 1 N–H and O–H groups in total. The molecule has 0 saturated carbocycles. The first-order valence-electron chi connectivity index (χ1n) is 6.35. The van der Waals surface area contributed by atoms with Crippen LogP contribution in [0, 0.1) is 0 Å². The van der Waals surface area contributed by atoms with Gasteiger partial charge in [-0.1, -0.05) is 30.3 Å². The third-order valence-corrected chi connectivity index (χ3v) is 3.57. The number of imide groups is 1. The normalized spacial score (nSPS) is 15.3. The van der Waals surface area contributed by atoms with E-state index in [-0.39, 0.29) is 29.2 Å².